The van der Waals surface area contributed by atoms with Gasteiger partial charge in [-0.3, -0.25) is 4.79 Å². The lowest BCUT2D eigenvalue weighted by Gasteiger charge is -2.24. The molecule has 0 saturated heterocycles. The van der Waals surface area contributed by atoms with Crippen molar-refractivity contribution in [1.29, 1.82) is 0 Å². The van der Waals surface area contributed by atoms with E-state index >= 15 is 0 Å². The Bertz CT molecular complexity index is 380. The molecule has 0 saturated carbocycles. The fraction of sp³-hybridized carbons (Fsp3) is 0.538. The van der Waals surface area contributed by atoms with Crippen LogP contribution in [-0.2, 0) is 15.0 Å². The molecule has 1 amide bonds. The highest BCUT2D eigenvalue weighted by molar-refractivity contribution is 5.83. The van der Waals surface area contributed by atoms with E-state index in [1.807, 2.05) is 18.5 Å². The summed E-state index contributed by atoms with van der Waals surface area (Å²) in [6.07, 6.45) is 4.39. The van der Waals surface area contributed by atoms with Gasteiger partial charge in [0.25, 0.3) is 0 Å². The molecular weight excluding hydrogens is 216 g/mol. The summed E-state index contributed by atoms with van der Waals surface area (Å²) in [6, 6.07) is 2.00. The molecule has 1 aromatic rings. The number of rotatable bonds is 6. The fourth-order valence-corrected chi connectivity index (χ4v) is 1.54. The number of carbonyl (C=O) groups is 2. The van der Waals surface area contributed by atoms with Crippen LogP contribution < -0.4 is 5.32 Å². The molecule has 4 heteroatoms. The van der Waals surface area contributed by atoms with E-state index in [9.17, 15) is 9.59 Å². The number of ketones is 1. The van der Waals surface area contributed by atoms with Crippen LogP contribution in [0.25, 0.3) is 0 Å². The highest BCUT2D eigenvalue weighted by Crippen LogP contribution is 2.21. The third-order valence-corrected chi connectivity index (χ3v) is 2.81. The molecule has 0 aliphatic carbocycles. The van der Waals surface area contributed by atoms with Gasteiger partial charge in [-0.25, -0.2) is 0 Å². The van der Waals surface area contributed by atoms with Gasteiger partial charge in [-0.15, -0.1) is 0 Å². The third-order valence-electron chi connectivity index (χ3n) is 2.81. The molecule has 0 unspecified atom stereocenters. The molecule has 0 aromatic carbocycles. The summed E-state index contributed by atoms with van der Waals surface area (Å²) >= 11 is 0. The van der Waals surface area contributed by atoms with Crippen molar-refractivity contribution in [2.45, 2.75) is 39.0 Å². The number of Topliss-reactive ketones (excluding diaryl/α,β-unsaturated/α-hetero) is 1. The number of aromatic amines is 1. The summed E-state index contributed by atoms with van der Waals surface area (Å²) in [5.74, 6) is -0.0196. The van der Waals surface area contributed by atoms with Crippen LogP contribution in [0.3, 0.4) is 0 Å². The molecule has 0 bridgehead atoms. The Balaban J connectivity index is 2.40. The molecule has 0 fully saturated rings. The van der Waals surface area contributed by atoms with E-state index in [0.717, 1.165) is 5.56 Å². The molecule has 2 N–H and O–H groups in total. The van der Waals surface area contributed by atoms with Gasteiger partial charge in [-0.1, -0.05) is 13.8 Å². The summed E-state index contributed by atoms with van der Waals surface area (Å²) < 4.78 is 0. The molecule has 0 aliphatic rings. The zero-order valence-electron chi connectivity index (χ0n) is 10.7. The van der Waals surface area contributed by atoms with Gasteiger partial charge in [-0.05, 0) is 18.6 Å². The zero-order valence-corrected chi connectivity index (χ0v) is 10.7. The van der Waals surface area contributed by atoms with Gasteiger partial charge in [0.2, 0.25) is 5.91 Å². The fourth-order valence-electron chi connectivity index (χ4n) is 1.54. The summed E-state index contributed by atoms with van der Waals surface area (Å²) in [7, 11) is 0. The van der Waals surface area contributed by atoms with Gasteiger partial charge in [0.15, 0.2) is 0 Å². The zero-order chi connectivity index (χ0) is 12.9. The van der Waals surface area contributed by atoms with E-state index in [1.165, 1.54) is 6.92 Å². The van der Waals surface area contributed by atoms with Crippen molar-refractivity contribution in [1.82, 2.24) is 10.3 Å². The topological polar surface area (TPSA) is 62.0 Å². The van der Waals surface area contributed by atoms with Crippen molar-refractivity contribution in [3.05, 3.63) is 24.0 Å². The first-order valence-electron chi connectivity index (χ1n) is 5.81. The lowest BCUT2D eigenvalue weighted by atomic mass is 9.86. The van der Waals surface area contributed by atoms with Gasteiger partial charge < -0.3 is 15.1 Å². The Morgan fingerprint density at radius 1 is 1.35 bits per heavy atom. The highest BCUT2D eigenvalue weighted by Gasteiger charge is 2.21. The monoisotopic (exact) mass is 236 g/mol. The minimum absolute atomic E-state index is 0.0463. The average Bonchev–Trinajstić information content (AvgIpc) is 2.77. The number of H-pyrrole nitrogens is 1. The molecule has 0 radical (unpaired) electrons. The summed E-state index contributed by atoms with van der Waals surface area (Å²) in [5, 5.41) is 2.86. The third kappa shape index (κ3) is 4.43. The van der Waals surface area contributed by atoms with Crippen LogP contribution in [0, 0.1) is 0 Å². The molecule has 4 nitrogen and oxygen atoms in total. The van der Waals surface area contributed by atoms with Gasteiger partial charge in [0, 0.05) is 37.2 Å². The summed E-state index contributed by atoms with van der Waals surface area (Å²) in [4.78, 5) is 25.3. The lowest BCUT2D eigenvalue weighted by Crippen LogP contribution is -2.36. The van der Waals surface area contributed by atoms with E-state index in [2.05, 4.69) is 24.1 Å². The molecule has 0 spiro atoms. The number of carbonyl (C=O) groups excluding carboxylic acids is 2. The minimum Gasteiger partial charge on any atom is -0.367 e. The van der Waals surface area contributed by atoms with Gasteiger partial charge in [0.1, 0.15) is 5.78 Å². The first-order valence-corrected chi connectivity index (χ1v) is 5.81. The highest BCUT2D eigenvalue weighted by atomic mass is 16.2. The second-order valence-corrected chi connectivity index (χ2v) is 4.96. The second kappa shape index (κ2) is 5.66. The maximum atomic E-state index is 11.5. The molecule has 1 rings (SSSR count). The molecule has 0 atom stereocenters. The van der Waals surface area contributed by atoms with Crippen LogP contribution in [-0.4, -0.2) is 23.2 Å². The maximum Gasteiger partial charge on any atom is 0.220 e. The van der Waals surface area contributed by atoms with E-state index < -0.39 is 0 Å². The molecular formula is C13H20N2O2. The smallest absolute Gasteiger partial charge is 0.220 e. The number of hydrogen-bond acceptors (Lipinski definition) is 2. The maximum absolute atomic E-state index is 11.5. The summed E-state index contributed by atoms with van der Waals surface area (Å²) in [6.45, 7) is 6.21. The molecule has 1 aromatic heterocycles. The van der Waals surface area contributed by atoms with Crippen LogP contribution in [0.4, 0.5) is 0 Å². The summed E-state index contributed by atoms with van der Waals surface area (Å²) in [5.41, 5.74) is 1.05. The van der Waals surface area contributed by atoms with Crippen LogP contribution in [0.1, 0.15) is 39.2 Å². The number of aromatic nitrogens is 1. The number of nitrogens with one attached hydrogen (secondary N) is 2. The van der Waals surface area contributed by atoms with Gasteiger partial charge >= 0.3 is 0 Å². The van der Waals surface area contributed by atoms with Crippen LogP contribution in [0.5, 0.6) is 0 Å². The van der Waals surface area contributed by atoms with E-state index in [4.69, 9.17) is 0 Å². The Hall–Kier alpha value is -1.58. The molecule has 17 heavy (non-hydrogen) atoms. The lowest BCUT2D eigenvalue weighted by molar-refractivity contribution is -0.124. The van der Waals surface area contributed by atoms with E-state index in [1.54, 1.807) is 0 Å². The van der Waals surface area contributed by atoms with Crippen LogP contribution in [0.15, 0.2) is 18.5 Å². The molecule has 1 heterocycles. The molecule has 94 valence electrons. The van der Waals surface area contributed by atoms with E-state index in [-0.39, 0.29) is 23.5 Å². The predicted molar refractivity (Wildman–Crippen MR) is 66.7 cm³/mol. The number of amides is 1. The van der Waals surface area contributed by atoms with E-state index in [0.29, 0.717) is 13.0 Å². The SMILES string of the molecule is CC(=O)CCC(=O)NCC(C)(C)c1cc[nH]c1. The molecule has 0 aliphatic heterocycles. The Labute approximate surface area is 102 Å². The van der Waals surface area contributed by atoms with Crippen molar-refractivity contribution in [3.8, 4) is 0 Å². The van der Waals surface area contributed by atoms with Crippen molar-refractivity contribution in [2.75, 3.05) is 6.54 Å². The van der Waals surface area contributed by atoms with Crippen molar-refractivity contribution in [2.24, 2.45) is 0 Å². The average molecular weight is 236 g/mol. The first-order chi connectivity index (χ1) is 7.92. The quantitative estimate of drug-likeness (QED) is 0.790. The van der Waals surface area contributed by atoms with Gasteiger partial charge in [-0.2, -0.15) is 0 Å². The second-order valence-electron chi connectivity index (χ2n) is 4.96. The largest absolute Gasteiger partial charge is 0.367 e. The van der Waals surface area contributed by atoms with Crippen molar-refractivity contribution >= 4 is 11.7 Å². The van der Waals surface area contributed by atoms with Crippen molar-refractivity contribution in [3.63, 3.8) is 0 Å². The van der Waals surface area contributed by atoms with Crippen LogP contribution >= 0.6 is 0 Å². The Kier molecular flexibility index (Phi) is 4.49. The first kappa shape index (κ1) is 13.5. The standard InChI is InChI=1S/C13H20N2O2/c1-10(16)4-5-12(17)15-9-13(2,3)11-6-7-14-8-11/h6-8,14H,4-5,9H2,1-3H3,(H,15,17). The predicted octanol–water partition coefficient (Wildman–Crippen LogP) is 1.78. The number of hydrogen-bond donors (Lipinski definition) is 2. The normalized spacial score (nSPS) is 11.2. The van der Waals surface area contributed by atoms with Crippen molar-refractivity contribution < 1.29 is 9.59 Å². The Morgan fingerprint density at radius 3 is 2.59 bits per heavy atom. The minimum atomic E-state index is -0.105. The van der Waals surface area contributed by atoms with Crippen LogP contribution in [0.2, 0.25) is 0 Å². The van der Waals surface area contributed by atoms with Gasteiger partial charge in [0.05, 0.1) is 0 Å². The Morgan fingerprint density at radius 2 is 2.06 bits per heavy atom.